The highest BCUT2D eigenvalue weighted by Crippen LogP contribution is 2.38. The highest BCUT2D eigenvalue weighted by atomic mass is 35.5. The molecule has 0 aliphatic carbocycles. The predicted molar refractivity (Wildman–Crippen MR) is 84.0 cm³/mol. The predicted octanol–water partition coefficient (Wildman–Crippen LogP) is 4.10. The number of nitrogens with zero attached hydrogens (tertiary/aromatic N) is 2. The van der Waals surface area contributed by atoms with E-state index in [2.05, 4.69) is 44.9 Å². The molecule has 1 atom stereocenters. The minimum atomic E-state index is -0.225. The van der Waals surface area contributed by atoms with Gasteiger partial charge in [0.2, 0.25) is 0 Å². The van der Waals surface area contributed by atoms with E-state index in [0.717, 1.165) is 5.69 Å². The zero-order valence-corrected chi connectivity index (χ0v) is 13.2. The molecule has 2 rings (SSSR count). The van der Waals surface area contributed by atoms with E-state index in [1.165, 1.54) is 5.56 Å². The minimum Gasteiger partial charge on any atom is -0.322 e. The lowest BCUT2D eigenvalue weighted by Gasteiger charge is -2.33. The molecule has 108 valence electrons. The van der Waals surface area contributed by atoms with Crippen LogP contribution in [0.4, 0.5) is 0 Å². The number of rotatable bonds is 4. The van der Waals surface area contributed by atoms with Crippen LogP contribution < -0.4 is 5.73 Å². The fourth-order valence-corrected chi connectivity index (χ4v) is 2.69. The van der Waals surface area contributed by atoms with Crippen LogP contribution in [0.1, 0.15) is 51.0 Å². The second kappa shape index (κ2) is 5.58. The molecule has 0 amide bonds. The van der Waals surface area contributed by atoms with Crippen LogP contribution in [0.5, 0.6) is 0 Å². The number of nitrogens with two attached hydrogens (primary N) is 1. The van der Waals surface area contributed by atoms with Gasteiger partial charge in [-0.25, -0.2) is 0 Å². The van der Waals surface area contributed by atoms with Crippen LogP contribution in [0.15, 0.2) is 36.5 Å². The van der Waals surface area contributed by atoms with Crippen LogP contribution in [0.25, 0.3) is 0 Å². The SMILES string of the molecule is CC(C)n1ncc(Cl)c1C(N)C(C)(C)c1ccccc1. The molecule has 2 aromatic rings. The zero-order valence-electron chi connectivity index (χ0n) is 12.5. The fraction of sp³-hybridized carbons (Fsp3) is 0.438. The molecule has 2 N–H and O–H groups in total. The van der Waals surface area contributed by atoms with Gasteiger partial charge in [-0.1, -0.05) is 55.8 Å². The number of benzene rings is 1. The Hall–Kier alpha value is -1.32. The first kappa shape index (κ1) is 15.1. The van der Waals surface area contributed by atoms with Crippen molar-refractivity contribution in [1.82, 2.24) is 9.78 Å². The number of aromatic nitrogens is 2. The average Bonchev–Trinajstić information content (AvgIpc) is 2.80. The van der Waals surface area contributed by atoms with Gasteiger partial charge in [-0.15, -0.1) is 0 Å². The van der Waals surface area contributed by atoms with Crippen LogP contribution in [-0.2, 0) is 5.41 Å². The summed E-state index contributed by atoms with van der Waals surface area (Å²) in [6.45, 7) is 8.44. The quantitative estimate of drug-likeness (QED) is 0.922. The Balaban J connectivity index is 2.46. The standard InChI is InChI=1S/C16H22ClN3/c1-11(2)20-14(13(17)10-19-20)15(18)16(3,4)12-8-6-5-7-9-12/h5-11,15H,18H2,1-4H3. The normalized spacial score (nSPS) is 13.8. The Morgan fingerprint density at radius 2 is 1.80 bits per heavy atom. The second-order valence-corrected chi connectivity index (χ2v) is 6.39. The van der Waals surface area contributed by atoms with Gasteiger partial charge in [0.15, 0.2) is 0 Å². The van der Waals surface area contributed by atoms with Gasteiger partial charge in [-0.05, 0) is 19.4 Å². The molecular formula is C16H22ClN3. The first-order chi connectivity index (χ1) is 9.35. The first-order valence-corrected chi connectivity index (χ1v) is 7.27. The van der Waals surface area contributed by atoms with Crippen molar-refractivity contribution in [3.8, 4) is 0 Å². The molecule has 1 heterocycles. The summed E-state index contributed by atoms with van der Waals surface area (Å²) < 4.78 is 1.91. The van der Waals surface area contributed by atoms with E-state index in [4.69, 9.17) is 17.3 Å². The fourth-order valence-electron chi connectivity index (χ4n) is 2.44. The van der Waals surface area contributed by atoms with E-state index in [1.807, 2.05) is 22.9 Å². The van der Waals surface area contributed by atoms with Gasteiger partial charge in [0.1, 0.15) is 0 Å². The van der Waals surface area contributed by atoms with Gasteiger partial charge in [0.05, 0.1) is 23.0 Å². The number of halogens is 1. The Morgan fingerprint density at radius 1 is 1.20 bits per heavy atom. The molecule has 4 heteroatoms. The van der Waals surface area contributed by atoms with Crippen molar-refractivity contribution in [2.24, 2.45) is 5.73 Å². The minimum absolute atomic E-state index is 0.220. The van der Waals surface area contributed by atoms with E-state index in [1.54, 1.807) is 6.20 Å². The highest BCUT2D eigenvalue weighted by Gasteiger charge is 2.33. The van der Waals surface area contributed by atoms with Gasteiger partial charge < -0.3 is 5.73 Å². The second-order valence-electron chi connectivity index (χ2n) is 5.98. The Kier molecular flexibility index (Phi) is 4.21. The molecule has 1 aromatic carbocycles. The largest absolute Gasteiger partial charge is 0.322 e. The molecule has 0 bridgehead atoms. The van der Waals surface area contributed by atoms with E-state index in [-0.39, 0.29) is 17.5 Å². The summed E-state index contributed by atoms with van der Waals surface area (Å²) in [6.07, 6.45) is 1.68. The van der Waals surface area contributed by atoms with Crippen LogP contribution in [0.2, 0.25) is 5.02 Å². The number of hydrogen-bond acceptors (Lipinski definition) is 2. The Labute approximate surface area is 125 Å². The maximum absolute atomic E-state index is 6.54. The topological polar surface area (TPSA) is 43.8 Å². The molecule has 0 saturated carbocycles. The maximum Gasteiger partial charge on any atom is 0.0834 e. The van der Waals surface area contributed by atoms with Crippen molar-refractivity contribution in [2.45, 2.75) is 45.2 Å². The van der Waals surface area contributed by atoms with Gasteiger partial charge in [-0.3, -0.25) is 4.68 Å². The van der Waals surface area contributed by atoms with E-state index < -0.39 is 0 Å². The molecule has 0 aliphatic rings. The molecule has 1 aromatic heterocycles. The van der Waals surface area contributed by atoms with Crippen LogP contribution in [-0.4, -0.2) is 9.78 Å². The van der Waals surface area contributed by atoms with Gasteiger partial charge in [0, 0.05) is 11.5 Å². The van der Waals surface area contributed by atoms with Crippen molar-refractivity contribution in [1.29, 1.82) is 0 Å². The Bertz CT molecular complexity index is 573. The summed E-state index contributed by atoms with van der Waals surface area (Å²) in [7, 11) is 0. The van der Waals surface area contributed by atoms with Gasteiger partial charge in [0.25, 0.3) is 0 Å². The summed E-state index contributed by atoms with van der Waals surface area (Å²) in [6, 6.07) is 10.3. The van der Waals surface area contributed by atoms with Crippen molar-refractivity contribution >= 4 is 11.6 Å². The lowest BCUT2D eigenvalue weighted by atomic mass is 9.77. The maximum atomic E-state index is 6.54. The molecule has 0 spiro atoms. The number of hydrogen-bond donors (Lipinski definition) is 1. The zero-order chi connectivity index (χ0) is 14.9. The lowest BCUT2D eigenvalue weighted by Crippen LogP contribution is -2.35. The molecule has 0 fully saturated rings. The molecular weight excluding hydrogens is 270 g/mol. The molecule has 1 unspecified atom stereocenters. The third kappa shape index (κ3) is 2.60. The van der Waals surface area contributed by atoms with Crippen LogP contribution in [0.3, 0.4) is 0 Å². The highest BCUT2D eigenvalue weighted by molar-refractivity contribution is 6.31. The molecule has 0 aliphatic heterocycles. The molecule has 0 radical (unpaired) electrons. The van der Waals surface area contributed by atoms with Crippen molar-refractivity contribution in [3.05, 3.63) is 52.8 Å². The smallest absolute Gasteiger partial charge is 0.0834 e. The van der Waals surface area contributed by atoms with Gasteiger partial charge in [-0.2, -0.15) is 5.10 Å². The molecule has 0 saturated heterocycles. The molecule has 20 heavy (non-hydrogen) atoms. The summed E-state index contributed by atoms with van der Waals surface area (Å²) in [4.78, 5) is 0. The average molecular weight is 292 g/mol. The van der Waals surface area contributed by atoms with Crippen molar-refractivity contribution in [2.75, 3.05) is 0 Å². The third-order valence-corrected chi connectivity index (χ3v) is 4.16. The summed E-state index contributed by atoms with van der Waals surface area (Å²) in [5, 5.41) is 4.98. The summed E-state index contributed by atoms with van der Waals surface area (Å²) in [5.41, 5.74) is 8.41. The lowest BCUT2D eigenvalue weighted by molar-refractivity contribution is 0.380. The van der Waals surface area contributed by atoms with E-state index >= 15 is 0 Å². The van der Waals surface area contributed by atoms with Crippen molar-refractivity contribution < 1.29 is 0 Å². The first-order valence-electron chi connectivity index (χ1n) is 6.89. The van der Waals surface area contributed by atoms with Crippen molar-refractivity contribution in [3.63, 3.8) is 0 Å². The molecule has 3 nitrogen and oxygen atoms in total. The third-order valence-electron chi connectivity index (χ3n) is 3.87. The van der Waals surface area contributed by atoms with Crippen LogP contribution in [0, 0.1) is 0 Å². The summed E-state index contributed by atoms with van der Waals surface area (Å²) in [5.74, 6) is 0. The van der Waals surface area contributed by atoms with Gasteiger partial charge >= 0.3 is 0 Å². The van der Waals surface area contributed by atoms with E-state index in [9.17, 15) is 0 Å². The monoisotopic (exact) mass is 291 g/mol. The Morgan fingerprint density at radius 3 is 2.35 bits per heavy atom. The van der Waals surface area contributed by atoms with E-state index in [0.29, 0.717) is 5.02 Å². The summed E-state index contributed by atoms with van der Waals surface area (Å²) >= 11 is 6.31. The van der Waals surface area contributed by atoms with Crippen LogP contribution >= 0.6 is 11.6 Å².